The molecule has 4 N–H and O–H groups in total. The van der Waals surface area contributed by atoms with Gasteiger partial charge in [0.2, 0.25) is 0 Å². The molecule has 0 bridgehead atoms. The summed E-state index contributed by atoms with van der Waals surface area (Å²) >= 11 is 0. The fraction of sp³-hybridized carbons (Fsp3) is 0.333. The number of hydrogen-bond acceptors (Lipinski definition) is 3. The lowest BCUT2D eigenvalue weighted by Gasteiger charge is -2.11. The van der Waals surface area contributed by atoms with Gasteiger partial charge in [-0.25, -0.2) is 4.39 Å². The molecule has 0 radical (unpaired) electrons. The molecule has 1 aromatic rings. The number of methoxy groups -OCH3 is 1. The average molecular weight is 184 g/mol. The number of nitrogens with two attached hydrogens (primary N) is 2. The normalized spacial score (nSPS) is 12.6. The Morgan fingerprint density at radius 2 is 2.23 bits per heavy atom. The molecule has 72 valence electrons. The highest BCUT2D eigenvalue weighted by Gasteiger charge is 2.12. The second-order valence-electron chi connectivity index (χ2n) is 2.71. The molecule has 0 aliphatic heterocycles. The van der Waals surface area contributed by atoms with Crippen molar-refractivity contribution in [2.24, 2.45) is 11.5 Å². The maximum atomic E-state index is 13.4. The molecule has 0 aliphatic carbocycles. The van der Waals surface area contributed by atoms with Gasteiger partial charge in [0.25, 0.3) is 0 Å². The Balaban J connectivity index is 3.08. The second kappa shape index (κ2) is 4.20. The zero-order chi connectivity index (χ0) is 9.84. The van der Waals surface area contributed by atoms with Crippen LogP contribution in [0, 0.1) is 5.82 Å². The van der Waals surface area contributed by atoms with E-state index in [9.17, 15) is 4.39 Å². The van der Waals surface area contributed by atoms with Crippen molar-refractivity contribution in [3.63, 3.8) is 0 Å². The number of hydrogen-bond donors (Lipinski definition) is 2. The third-order valence-corrected chi connectivity index (χ3v) is 1.87. The smallest absolute Gasteiger partial charge is 0.169 e. The first-order chi connectivity index (χ1) is 6.20. The van der Waals surface area contributed by atoms with Gasteiger partial charge in [-0.05, 0) is 6.07 Å². The van der Waals surface area contributed by atoms with E-state index in [4.69, 9.17) is 16.2 Å². The standard InChI is InChI=1S/C9H13FN2O/c1-13-8-4-2-3-6(9(8)10)7(12)5-11/h2-4,7H,5,11-12H2,1H3/t7-/m0/s1. The first-order valence-corrected chi connectivity index (χ1v) is 3.98. The highest BCUT2D eigenvalue weighted by atomic mass is 19.1. The van der Waals surface area contributed by atoms with Gasteiger partial charge >= 0.3 is 0 Å². The SMILES string of the molecule is COc1cccc([C@@H](N)CN)c1F. The summed E-state index contributed by atoms with van der Waals surface area (Å²) in [5, 5.41) is 0. The molecule has 0 unspecified atom stereocenters. The zero-order valence-corrected chi connectivity index (χ0v) is 7.46. The van der Waals surface area contributed by atoms with Crippen LogP contribution < -0.4 is 16.2 Å². The second-order valence-corrected chi connectivity index (χ2v) is 2.71. The molecule has 0 saturated carbocycles. The molecule has 0 saturated heterocycles. The van der Waals surface area contributed by atoms with Crippen molar-refractivity contribution in [3.8, 4) is 5.75 Å². The molecule has 0 fully saturated rings. The van der Waals surface area contributed by atoms with Crippen LogP contribution in [0.5, 0.6) is 5.75 Å². The summed E-state index contributed by atoms with van der Waals surface area (Å²) in [5.74, 6) is -0.232. The number of rotatable bonds is 3. The molecule has 0 spiro atoms. The van der Waals surface area contributed by atoms with Gasteiger partial charge < -0.3 is 16.2 Å². The quantitative estimate of drug-likeness (QED) is 0.730. The van der Waals surface area contributed by atoms with Crippen LogP contribution in [-0.2, 0) is 0 Å². The molecule has 1 atom stereocenters. The van der Waals surface area contributed by atoms with Gasteiger partial charge in [0.1, 0.15) is 0 Å². The Morgan fingerprint density at radius 1 is 1.54 bits per heavy atom. The maximum absolute atomic E-state index is 13.4. The van der Waals surface area contributed by atoms with Crippen molar-refractivity contribution in [3.05, 3.63) is 29.6 Å². The van der Waals surface area contributed by atoms with Gasteiger partial charge in [-0.15, -0.1) is 0 Å². The predicted octanol–water partition coefficient (Wildman–Crippen LogP) is 0.793. The first-order valence-electron chi connectivity index (χ1n) is 3.98. The molecule has 3 nitrogen and oxygen atoms in total. The Labute approximate surface area is 76.5 Å². The molecule has 13 heavy (non-hydrogen) atoms. The van der Waals surface area contributed by atoms with Crippen molar-refractivity contribution in [2.75, 3.05) is 13.7 Å². The lowest BCUT2D eigenvalue weighted by atomic mass is 10.1. The summed E-state index contributed by atoms with van der Waals surface area (Å²) < 4.78 is 18.3. The molecule has 4 heteroatoms. The van der Waals surface area contributed by atoms with E-state index in [0.717, 1.165) is 0 Å². The Kier molecular flexibility index (Phi) is 3.22. The number of halogens is 1. The highest BCUT2D eigenvalue weighted by molar-refractivity contribution is 5.32. The lowest BCUT2D eigenvalue weighted by molar-refractivity contribution is 0.382. The predicted molar refractivity (Wildman–Crippen MR) is 48.9 cm³/mol. The van der Waals surface area contributed by atoms with E-state index in [1.54, 1.807) is 18.2 Å². The molecule has 0 aromatic heterocycles. The summed E-state index contributed by atoms with van der Waals surface area (Å²) in [4.78, 5) is 0. The maximum Gasteiger partial charge on any atom is 0.169 e. The van der Waals surface area contributed by atoms with Crippen molar-refractivity contribution in [1.82, 2.24) is 0 Å². The van der Waals surface area contributed by atoms with Crippen LogP contribution >= 0.6 is 0 Å². The number of ether oxygens (including phenoxy) is 1. The minimum Gasteiger partial charge on any atom is -0.494 e. The summed E-state index contributed by atoms with van der Waals surface area (Å²) in [6.45, 7) is 0.212. The van der Waals surface area contributed by atoms with Crippen LogP contribution in [0.25, 0.3) is 0 Å². The van der Waals surface area contributed by atoms with Crippen LogP contribution in [0.2, 0.25) is 0 Å². The largest absolute Gasteiger partial charge is 0.494 e. The molecule has 0 heterocycles. The molecule has 0 amide bonds. The van der Waals surface area contributed by atoms with Crippen molar-refractivity contribution in [1.29, 1.82) is 0 Å². The topological polar surface area (TPSA) is 61.3 Å². The van der Waals surface area contributed by atoms with E-state index >= 15 is 0 Å². The molecular formula is C9H13FN2O. The Bertz CT molecular complexity index is 291. The van der Waals surface area contributed by atoms with Gasteiger partial charge in [-0.2, -0.15) is 0 Å². The van der Waals surface area contributed by atoms with E-state index in [-0.39, 0.29) is 12.3 Å². The highest BCUT2D eigenvalue weighted by Crippen LogP contribution is 2.23. The minimum atomic E-state index is -0.477. The van der Waals surface area contributed by atoms with Crippen LogP contribution in [0.4, 0.5) is 4.39 Å². The molecule has 1 aromatic carbocycles. The average Bonchev–Trinajstić information content (AvgIpc) is 2.17. The summed E-state index contributed by atoms with van der Waals surface area (Å²) in [6, 6.07) is 4.36. The monoisotopic (exact) mass is 184 g/mol. The van der Waals surface area contributed by atoms with Crippen LogP contribution in [-0.4, -0.2) is 13.7 Å². The first kappa shape index (κ1) is 9.95. The zero-order valence-electron chi connectivity index (χ0n) is 7.46. The number of benzene rings is 1. The van der Waals surface area contributed by atoms with Gasteiger partial charge in [0.05, 0.1) is 7.11 Å². The van der Waals surface area contributed by atoms with Gasteiger partial charge in [0.15, 0.2) is 11.6 Å². The fourth-order valence-corrected chi connectivity index (χ4v) is 1.10. The van der Waals surface area contributed by atoms with Crippen LogP contribution in [0.1, 0.15) is 11.6 Å². The van der Waals surface area contributed by atoms with E-state index in [1.807, 2.05) is 0 Å². The molecule has 0 aliphatic rings. The van der Waals surface area contributed by atoms with Gasteiger partial charge in [-0.3, -0.25) is 0 Å². The molecular weight excluding hydrogens is 171 g/mol. The van der Waals surface area contributed by atoms with Crippen LogP contribution in [0.15, 0.2) is 18.2 Å². The molecule has 1 rings (SSSR count). The Hall–Kier alpha value is -1.13. The van der Waals surface area contributed by atoms with E-state index in [0.29, 0.717) is 5.56 Å². The van der Waals surface area contributed by atoms with Gasteiger partial charge in [-0.1, -0.05) is 12.1 Å². The minimum absolute atomic E-state index is 0.196. The summed E-state index contributed by atoms with van der Waals surface area (Å²) in [6.07, 6.45) is 0. The van der Waals surface area contributed by atoms with Crippen LogP contribution in [0.3, 0.4) is 0 Å². The van der Waals surface area contributed by atoms with Crippen molar-refractivity contribution in [2.45, 2.75) is 6.04 Å². The van der Waals surface area contributed by atoms with Gasteiger partial charge in [0, 0.05) is 18.2 Å². The summed E-state index contributed by atoms with van der Waals surface area (Å²) in [7, 11) is 1.41. The van der Waals surface area contributed by atoms with Crippen molar-refractivity contribution >= 4 is 0 Å². The third-order valence-electron chi connectivity index (χ3n) is 1.87. The fourth-order valence-electron chi connectivity index (χ4n) is 1.10. The summed E-state index contributed by atoms with van der Waals surface area (Å²) in [5.41, 5.74) is 11.3. The third kappa shape index (κ3) is 1.96. The van der Waals surface area contributed by atoms with E-state index < -0.39 is 11.9 Å². The Morgan fingerprint density at radius 3 is 2.77 bits per heavy atom. The van der Waals surface area contributed by atoms with Crippen molar-refractivity contribution < 1.29 is 9.13 Å². The van der Waals surface area contributed by atoms with E-state index in [2.05, 4.69) is 0 Å². The van der Waals surface area contributed by atoms with E-state index in [1.165, 1.54) is 7.11 Å². The lowest BCUT2D eigenvalue weighted by Crippen LogP contribution is -2.22.